The van der Waals surface area contributed by atoms with Gasteiger partial charge in [-0.05, 0) is 55.9 Å². The van der Waals surface area contributed by atoms with Crippen LogP contribution in [0.4, 0.5) is 0 Å². The second kappa shape index (κ2) is 17.9. The summed E-state index contributed by atoms with van der Waals surface area (Å²) in [5.41, 5.74) is 0.130. The Kier molecular flexibility index (Phi) is 13.8. The monoisotopic (exact) mass is 798 g/mol. The number of carbonyl (C=O) groups excluding carboxylic acids is 2. The van der Waals surface area contributed by atoms with Gasteiger partial charge in [-0.3, -0.25) is 9.59 Å². The van der Waals surface area contributed by atoms with E-state index >= 15 is 0 Å². The van der Waals surface area contributed by atoms with Crippen molar-refractivity contribution in [3.05, 3.63) is 59.3 Å². The standard InChI is InChI=1S/C45H66O12/c1-11-25(4)39-28(7)17-18-44(57-39)22-33-20-32(56-44)16-15-27(6)38(54-36-21-35(50-10)40(30(9)52-36)55-42(47)24(2)3)26(5)13-12-14-31-23-51-41-37(46)29(8)19-34(43(48)53-33)45(31,41)49/h12-15,17-19,24-26,28,30,32-41,46,49H,11,16,20-23H2,1-10H3/t25-,26-,28-,30?,32+,33-,34?,35?,36?,37+,38-,39+,40?,41+,44?,45+/m0/s1. The van der Waals surface area contributed by atoms with Crippen molar-refractivity contribution in [2.24, 2.45) is 29.6 Å². The molecule has 3 fully saturated rings. The van der Waals surface area contributed by atoms with Gasteiger partial charge in [0.25, 0.3) is 0 Å². The summed E-state index contributed by atoms with van der Waals surface area (Å²) in [6, 6.07) is 0. The average molecular weight is 799 g/mol. The molecular formula is C45H66O12. The molecule has 6 unspecified atom stereocenters. The Hall–Kier alpha value is -2.68. The van der Waals surface area contributed by atoms with Crippen LogP contribution in [0.5, 0.6) is 0 Å². The van der Waals surface area contributed by atoms with Crippen molar-refractivity contribution in [2.45, 2.75) is 167 Å². The van der Waals surface area contributed by atoms with Gasteiger partial charge < -0.3 is 48.1 Å². The molecule has 16 atom stereocenters. The molecule has 318 valence electrons. The number of hydrogen-bond donors (Lipinski definition) is 2. The number of carbonyl (C=O) groups is 2. The van der Waals surface area contributed by atoms with E-state index in [1.165, 1.54) is 0 Å². The lowest BCUT2D eigenvalue weighted by molar-refractivity contribution is -0.300. The van der Waals surface area contributed by atoms with Gasteiger partial charge in [-0.25, -0.2) is 0 Å². The second-order valence-electron chi connectivity index (χ2n) is 17.6. The highest BCUT2D eigenvalue weighted by Gasteiger charge is 2.60. The van der Waals surface area contributed by atoms with Crippen LogP contribution in [-0.2, 0) is 47.5 Å². The largest absolute Gasteiger partial charge is 0.462 e. The summed E-state index contributed by atoms with van der Waals surface area (Å²) in [6.07, 6.45) is 10.2. The Balaban J connectivity index is 1.35. The minimum atomic E-state index is -1.83. The van der Waals surface area contributed by atoms with Gasteiger partial charge in [0.2, 0.25) is 0 Å². The zero-order valence-corrected chi connectivity index (χ0v) is 35.4. The van der Waals surface area contributed by atoms with E-state index in [0.717, 1.165) is 12.0 Å². The van der Waals surface area contributed by atoms with Crippen LogP contribution in [0.2, 0.25) is 0 Å². The van der Waals surface area contributed by atoms with Crippen molar-refractivity contribution in [3.63, 3.8) is 0 Å². The Morgan fingerprint density at radius 3 is 2.49 bits per heavy atom. The molecule has 1 spiro atoms. The fourth-order valence-corrected chi connectivity index (χ4v) is 9.30. The second-order valence-corrected chi connectivity index (χ2v) is 17.6. The number of ether oxygens (including phenoxy) is 8. The predicted molar refractivity (Wildman–Crippen MR) is 211 cm³/mol. The van der Waals surface area contributed by atoms with Gasteiger partial charge >= 0.3 is 11.9 Å². The first-order chi connectivity index (χ1) is 27.0. The normalized spacial score (nSPS) is 43.1. The summed E-state index contributed by atoms with van der Waals surface area (Å²) in [5.74, 6) is -3.14. The molecule has 0 amide bonds. The predicted octanol–water partition coefficient (Wildman–Crippen LogP) is 6.05. The lowest BCUT2D eigenvalue weighted by Gasteiger charge is -2.48. The zero-order valence-electron chi connectivity index (χ0n) is 35.4. The molecule has 0 aromatic heterocycles. The molecule has 0 aromatic rings. The van der Waals surface area contributed by atoms with Crippen molar-refractivity contribution < 1.29 is 57.7 Å². The fourth-order valence-electron chi connectivity index (χ4n) is 9.30. The lowest BCUT2D eigenvalue weighted by Crippen LogP contribution is -2.58. The molecule has 0 saturated carbocycles. The SMILES string of the molecule is CC[C@H](C)[C@H]1OC2(C=C[C@@H]1C)C[C@@H]1C[C@@H](CC=C(C)[C@@H](OC3CC(OC)C(OC(=O)C(C)C)C(C)O3)[C@@H](C)C=CC=C3CO[C@@H]4[C@H](O)C(C)=CC(C(=O)O1)[C@]34O)O2. The Labute approximate surface area is 338 Å². The van der Waals surface area contributed by atoms with Gasteiger partial charge in [-0.1, -0.05) is 84.4 Å². The van der Waals surface area contributed by atoms with Crippen LogP contribution in [0.15, 0.2) is 59.3 Å². The van der Waals surface area contributed by atoms with E-state index in [4.69, 9.17) is 37.9 Å². The van der Waals surface area contributed by atoms with Crippen molar-refractivity contribution in [1.82, 2.24) is 0 Å². The first-order valence-electron chi connectivity index (χ1n) is 21.0. The van der Waals surface area contributed by atoms with Crippen molar-refractivity contribution in [3.8, 4) is 0 Å². The number of hydrogen-bond acceptors (Lipinski definition) is 12. The summed E-state index contributed by atoms with van der Waals surface area (Å²) in [6.45, 7) is 17.8. The van der Waals surface area contributed by atoms with E-state index < -0.39 is 72.3 Å². The highest BCUT2D eigenvalue weighted by atomic mass is 16.7. The van der Waals surface area contributed by atoms with E-state index in [2.05, 4.69) is 32.9 Å². The van der Waals surface area contributed by atoms with Crippen LogP contribution >= 0.6 is 0 Å². The van der Waals surface area contributed by atoms with Crippen molar-refractivity contribution in [2.75, 3.05) is 13.7 Å². The lowest BCUT2D eigenvalue weighted by atomic mass is 9.71. The molecule has 0 aromatic carbocycles. The molecule has 57 heavy (non-hydrogen) atoms. The fraction of sp³-hybridized carbons (Fsp3) is 0.733. The van der Waals surface area contributed by atoms with Crippen LogP contribution in [0.1, 0.15) is 94.4 Å². The molecule has 2 N–H and O–H groups in total. The molecule has 12 heteroatoms. The summed E-state index contributed by atoms with van der Waals surface area (Å²) < 4.78 is 50.9. The van der Waals surface area contributed by atoms with E-state index in [9.17, 15) is 19.8 Å². The summed E-state index contributed by atoms with van der Waals surface area (Å²) >= 11 is 0. The molecular weight excluding hydrogens is 732 g/mol. The molecule has 5 aliphatic heterocycles. The van der Waals surface area contributed by atoms with Gasteiger partial charge in [0.1, 0.15) is 35.9 Å². The number of methoxy groups -OCH3 is 1. The Bertz CT molecular complexity index is 1610. The van der Waals surface area contributed by atoms with E-state index in [1.54, 1.807) is 40.0 Å². The maximum absolute atomic E-state index is 14.3. The molecule has 1 aliphatic carbocycles. The first kappa shape index (κ1) is 43.9. The molecule has 0 radical (unpaired) electrons. The van der Waals surface area contributed by atoms with Gasteiger partial charge in [-0.15, -0.1) is 0 Å². The zero-order chi connectivity index (χ0) is 41.4. The number of rotatable bonds is 7. The number of fused-ring (bicyclic) bond motifs is 2. The third kappa shape index (κ3) is 9.09. The maximum Gasteiger partial charge on any atom is 0.316 e. The van der Waals surface area contributed by atoms with E-state index in [-0.39, 0.29) is 48.5 Å². The molecule has 12 nitrogen and oxygen atoms in total. The average Bonchev–Trinajstić information content (AvgIpc) is 3.51. The minimum absolute atomic E-state index is 0.0335. The van der Waals surface area contributed by atoms with Gasteiger partial charge in [-0.2, -0.15) is 0 Å². The maximum atomic E-state index is 14.3. The third-order valence-electron chi connectivity index (χ3n) is 13.0. The summed E-state index contributed by atoms with van der Waals surface area (Å²) in [5, 5.41) is 23.6. The van der Waals surface area contributed by atoms with Crippen LogP contribution in [0.25, 0.3) is 0 Å². The third-order valence-corrected chi connectivity index (χ3v) is 13.0. The number of allylic oxidation sites excluding steroid dienone is 2. The highest BCUT2D eigenvalue weighted by molar-refractivity contribution is 5.78. The topological polar surface area (TPSA) is 148 Å². The smallest absolute Gasteiger partial charge is 0.316 e. The number of esters is 2. The summed E-state index contributed by atoms with van der Waals surface area (Å²) in [7, 11) is 1.60. The van der Waals surface area contributed by atoms with Gasteiger partial charge in [0, 0.05) is 38.2 Å². The number of aliphatic hydroxyl groups is 2. The van der Waals surface area contributed by atoms with Crippen LogP contribution < -0.4 is 0 Å². The van der Waals surface area contributed by atoms with Gasteiger partial charge in [0.15, 0.2) is 18.2 Å². The van der Waals surface area contributed by atoms with Crippen molar-refractivity contribution in [1.29, 1.82) is 0 Å². The quantitative estimate of drug-likeness (QED) is 0.228. The summed E-state index contributed by atoms with van der Waals surface area (Å²) in [4.78, 5) is 26.8. The van der Waals surface area contributed by atoms with Gasteiger partial charge in [0.05, 0.1) is 36.9 Å². The highest BCUT2D eigenvalue weighted by Crippen LogP contribution is 2.47. The van der Waals surface area contributed by atoms with E-state index in [0.29, 0.717) is 36.8 Å². The van der Waals surface area contributed by atoms with E-state index in [1.807, 2.05) is 39.0 Å². The molecule has 2 bridgehead atoms. The van der Waals surface area contributed by atoms with Crippen LogP contribution in [-0.4, -0.2) is 108 Å². The molecule has 6 aliphatic rings. The molecule has 5 heterocycles. The van der Waals surface area contributed by atoms with Crippen LogP contribution in [0.3, 0.4) is 0 Å². The minimum Gasteiger partial charge on any atom is -0.462 e. The Morgan fingerprint density at radius 1 is 1.04 bits per heavy atom. The molecule has 6 rings (SSSR count). The molecule has 3 saturated heterocycles. The van der Waals surface area contributed by atoms with Crippen LogP contribution in [0, 0.1) is 29.6 Å². The first-order valence-corrected chi connectivity index (χ1v) is 21.0. The Morgan fingerprint density at radius 2 is 1.79 bits per heavy atom. The van der Waals surface area contributed by atoms with Crippen molar-refractivity contribution >= 4 is 11.9 Å². The number of aliphatic hydroxyl groups excluding tert-OH is 1.